The van der Waals surface area contributed by atoms with Crippen molar-refractivity contribution in [3.05, 3.63) is 34.9 Å². The molecular weight excluding hydrogens is 273 g/mol. The smallest absolute Gasteiger partial charge is 0.322 e. The first kappa shape index (κ1) is 15.3. The van der Waals surface area contributed by atoms with Gasteiger partial charge in [-0.25, -0.2) is 0 Å². The van der Waals surface area contributed by atoms with Gasteiger partial charge in [0.1, 0.15) is 6.04 Å². The summed E-state index contributed by atoms with van der Waals surface area (Å²) in [5, 5.41) is 4.01. The summed E-state index contributed by atoms with van der Waals surface area (Å²) >= 11 is 6.16. The van der Waals surface area contributed by atoms with E-state index in [1.54, 1.807) is 0 Å². The number of piperidine rings is 1. The summed E-state index contributed by atoms with van der Waals surface area (Å²) in [7, 11) is 1.42. The second kappa shape index (κ2) is 6.98. The lowest BCUT2D eigenvalue weighted by molar-refractivity contribution is -0.143. The van der Waals surface area contributed by atoms with E-state index in [1.807, 2.05) is 24.3 Å². The van der Waals surface area contributed by atoms with Crippen LogP contribution in [0.5, 0.6) is 0 Å². The Morgan fingerprint density at radius 2 is 2.11 bits per heavy atom. The van der Waals surface area contributed by atoms with Crippen molar-refractivity contribution in [2.75, 3.05) is 13.7 Å². The van der Waals surface area contributed by atoms with Crippen LogP contribution >= 0.6 is 24.0 Å². The second-order valence-electron chi connectivity index (χ2n) is 4.28. The number of carbonyl (C=O) groups is 1. The van der Waals surface area contributed by atoms with Crippen LogP contribution in [0.25, 0.3) is 0 Å². The number of hydrogen-bond acceptors (Lipinski definition) is 3. The van der Waals surface area contributed by atoms with Crippen LogP contribution in [0, 0.1) is 0 Å². The third kappa shape index (κ3) is 3.37. The molecule has 0 saturated carbocycles. The molecule has 1 aliphatic heterocycles. The highest BCUT2D eigenvalue weighted by molar-refractivity contribution is 6.31. The Kier molecular flexibility index (Phi) is 5.93. The number of benzene rings is 1. The monoisotopic (exact) mass is 289 g/mol. The van der Waals surface area contributed by atoms with E-state index in [0.29, 0.717) is 5.92 Å². The van der Waals surface area contributed by atoms with E-state index in [1.165, 1.54) is 7.11 Å². The van der Waals surface area contributed by atoms with Gasteiger partial charge >= 0.3 is 5.97 Å². The maximum Gasteiger partial charge on any atom is 0.322 e. The lowest BCUT2D eigenvalue weighted by atomic mass is 9.89. The average Bonchev–Trinajstić information content (AvgIpc) is 2.39. The number of hydrogen-bond donors (Lipinski definition) is 1. The SMILES string of the molecule is COC(=O)C1CCC(c2ccccc2Cl)CN1.Cl. The Bertz CT molecular complexity index is 404. The van der Waals surface area contributed by atoms with Gasteiger partial charge in [0.25, 0.3) is 0 Å². The fraction of sp³-hybridized carbons (Fsp3) is 0.462. The number of ether oxygens (including phenoxy) is 1. The largest absolute Gasteiger partial charge is 0.468 e. The number of rotatable bonds is 2. The number of methoxy groups -OCH3 is 1. The van der Waals surface area contributed by atoms with Crippen molar-refractivity contribution in [2.24, 2.45) is 0 Å². The third-order valence-electron chi connectivity index (χ3n) is 3.25. The van der Waals surface area contributed by atoms with Crippen LogP contribution in [0.3, 0.4) is 0 Å². The molecule has 1 fully saturated rings. The van der Waals surface area contributed by atoms with Gasteiger partial charge in [-0.3, -0.25) is 4.79 Å². The molecule has 0 radical (unpaired) electrons. The highest BCUT2D eigenvalue weighted by atomic mass is 35.5. The van der Waals surface area contributed by atoms with Crippen molar-refractivity contribution < 1.29 is 9.53 Å². The molecule has 1 aromatic carbocycles. The van der Waals surface area contributed by atoms with Crippen molar-refractivity contribution in [3.63, 3.8) is 0 Å². The summed E-state index contributed by atoms with van der Waals surface area (Å²) in [4.78, 5) is 11.4. The molecule has 1 heterocycles. The highest BCUT2D eigenvalue weighted by Crippen LogP contribution is 2.30. The molecule has 2 unspecified atom stereocenters. The van der Waals surface area contributed by atoms with Crippen LogP contribution in [0.4, 0.5) is 0 Å². The standard InChI is InChI=1S/C13H16ClNO2.ClH/c1-17-13(16)12-7-6-9(8-15-12)10-4-2-3-5-11(10)14;/h2-5,9,12,15H,6-8H2,1H3;1H. The summed E-state index contributed by atoms with van der Waals surface area (Å²) in [5.74, 6) is 0.201. The highest BCUT2D eigenvalue weighted by Gasteiger charge is 2.27. The number of nitrogens with one attached hydrogen (secondary N) is 1. The lowest BCUT2D eigenvalue weighted by Gasteiger charge is -2.29. The van der Waals surface area contributed by atoms with Crippen LogP contribution in [0.1, 0.15) is 24.3 Å². The Morgan fingerprint density at radius 3 is 2.67 bits per heavy atom. The van der Waals surface area contributed by atoms with Crippen LogP contribution < -0.4 is 5.32 Å². The number of esters is 1. The molecule has 1 saturated heterocycles. The quantitative estimate of drug-likeness (QED) is 0.851. The van der Waals surface area contributed by atoms with Crippen molar-refractivity contribution in [2.45, 2.75) is 24.8 Å². The summed E-state index contributed by atoms with van der Waals surface area (Å²) in [6.07, 6.45) is 1.75. The fourth-order valence-corrected chi connectivity index (χ4v) is 2.56. The van der Waals surface area contributed by atoms with Gasteiger partial charge in [0, 0.05) is 11.6 Å². The summed E-state index contributed by atoms with van der Waals surface area (Å²) < 4.78 is 4.73. The van der Waals surface area contributed by atoms with E-state index in [-0.39, 0.29) is 24.4 Å². The predicted octanol–water partition coefficient (Wildman–Crippen LogP) is 2.77. The van der Waals surface area contributed by atoms with Gasteiger partial charge in [0.15, 0.2) is 0 Å². The molecule has 3 nitrogen and oxygen atoms in total. The van der Waals surface area contributed by atoms with Crippen LogP contribution in [0.15, 0.2) is 24.3 Å². The summed E-state index contributed by atoms with van der Waals surface area (Å²) in [5.41, 5.74) is 1.16. The van der Waals surface area contributed by atoms with Gasteiger partial charge in [-0.15, -0.1) is 12.4 Å². The Morgan fingerprint density at radius 1 is 1.39 bits per heavy atom. The van der Waals surface area contributed by atoms with Gasteiger partial charge in [-0.05, 0) is 30.4 Å². The molecule has 0 aromatic heterocycles. The first-order valence-corrected chi connectivity index (χ1v) is 6.16. The van der Waals surface area contributed by atoms with E-state index in [4.69, 9.17) is 16.3 Å². The second-order valence-corrected chi connectivity index (χ2v) is 4.69. The number of halogens is 2. The molecule has 18 heavy (non-hydrogen) atoms. The molecule has 5 heteroatoms. The Balaban J connectivity index is 0.00000162. The van der Waals surface area contributed by atoms with Crippen LogP contribution in [-0.4, -0.2) is 25.7 Å². The lowest BCUT2D eigenvalue weighted by Crippen LogP contribution is -2.43. The van der Waals surface area contributed by atoms with Gasteiger partial charge in [0.2, 0.25) is 0 Å². The first-order chi connectivity index (χ1) is 8.22. The third-order valence-corrected chi connectivity index (χ3v) is 3.59. The molecular formula is C13H17Cl2NO2. The molecule has 0 aliphatic carbocycles. The van der Waals surface area contributed by atoms with E-state index in [0.717, 1.165) is 30.0 Å². The van der Waals surface area contributed by atoms with Crippen molar-refractivity contribution in [1.82, 2.24) is 5.32 Å². The zero-order chi connectivity index (χ0) is 12.3. The molecule has 1 aromatic rings. The molecule has 0 spiro atoms. The molecule has 2 atom stereocenters. The van der Waals surface area contributed by atoms with Gasteiger partial charge in [-0.2, -0.15) is 0 Å². The van der Waals surface area contributed by atoms with E-state index in [9.17, 15) is 4.79 Å². The van der Waals surface area contributed by atoms with E-state index < -0.39 is 0 Å². The summed E-state index contributed by atoms with van der Waals surface area (Å²) in [6.45, 7) is 0.767. The molecule has 0 amide bonds. The molecule has 1 N–H and O–H groups in total. The molecule has 0 bridgehead atoms. The van der Waals surface area contributed by atoms with Crippen LogP contribution in [-0.2, 0) is 9.53 Å². The Hall–Kier alpha value is -0.770. The minimum atomic E-state index is -0.178. The van der Waals surface area contributed by atoms with Crippen molar-refractivity contribution in [1.29, 1.82) is 0 Å². The maximum atomic E-state index is 11.4. The zero-order valence-corrected chi connectivity index (χ0v) is 11.8. The Labute approximate surface area is 118 Å². The molecule has 2 rings (SSSR count). The van der Waals surface area contributed by atoms with Crippen LogP contribution in [0.2, 0.25) is 5.02 Å². The maximum absolute atomic E-state index is 11.4. The minimum absolute atomic E-state index is 0. The molecule has 1 aliphatic rings. The topological polar surface area (TPSA) is 38.3 Å². The van der Waals surface area contributed by atoms with Gasteiger partial charge in [-0.1, -0.05) is 29.8 Å². The van der Waals surface area contributed by atoms with E-state index in [2.05, 4.69) is 5.32 Å². The number of carbonyl (C=O) groups excluding carboxylic acids is 1. The predicted molar refractivity (Wildman–Crippen MR) is 74.5 cm³/mol. The molecule has 100 valence electrons. The average molecular weight is 290 g/mol. The van der Waals surface area contributed by atoms with Gasteiger partial charge in [0.05, 0.1) is 7.11 Å². The van der Waals surface area contributed by atoms with E-state index >= 15 is 0 Å². The first-order valence-electron chi connectivity index (χ1n) is 5.78. The van der Waals surface area contributed by atoms with Crippen molar-refractivity contribution >= 4 is 30.0 Å². The fourth-order valence-electron chi connectivity index (χ4n) is 2.27. The summed E-state index contributed by atoms with van der Waals surface area (Å²) in [6, 6.07) is 7.71. The van der Waals surface area contributed by atoms with Crippen molar-refractivity contribution in [3.8, 4) is 0 Å². The zero-order valence-electron chi connectivity index (χ0n) is 10.2. The van der Waals surface area contributed by atoms with Gasteiger partial charge < -0.3 is 10.1 Å². The normalized spacial score (nSPS) is 23.0. The minimum Gasteiger partial charge on any atom is -0.468 e.